The fourth-order valence-corrected chi connectivity index (χ4v) is 4.40. The second kappa shape index (κ2) is 8.15. The van der Waals surface area contributed by atoms with Crippen LogP contribution in [0.5, 0.6) is 11.5 Å². The molecule has 3 rings (SSSR count). The largest absolute Gasteiger partial charge is 0.490 e. The molecule has 0 N–H and O–H groups in total. The molecular weight excluding hydrogens is 322 g/mol. The lowest BCUT2D eigenvalue weighted by molar-refractivity contribution is -0.131. The highest BCUT2D eigenvalue weighted by molar-refractivity contribution is 8.00. The van der Waals surface area contributed by atoms with Gasteiger partial charge in [0.25, 0.3) is 0 Å². The molecule has 1 aliphatic carbocycles. The van der Waals surface area contributed by atoms with Crippen molar-refractivity contribution < 1.29 is 14.3 Å². The molecule has 1 fully saturated rings. The van der Waals surface area contributed by atoms with E-state index in [0.717, 1.165) is 35.7 Å². The number of carbonyl (C=O) groups is 1. The zero-order chi connectivity index (χ0) is 16.9. The summed E-state index contributed by atoms with van der Waals surface area (Å²) >= 11 is 1.60. The van der Waals surface area contributed by atoms with Gasteiger partial charge in [-0.05, 0) is 38.0 Å². The van der Waals surface area contributed by atoms with Crippen molar-refractivity contribution in [3.63, 3.8) is 0 Å². The first-order chi connectivity index (χ1) is 11.6. The van der Waals surface area contributed by atoms with Crippen molar-refractivity contribution >= 4 is 17.7 Å². The molecule has 1 atom stereocenters. The number of fused-ring (bicyclic) bond motifs is 1. The van der Waals surface area contributed by atoms with E-state index >= 15 is 0 Å². The summed E-state index contributed by atoms with van der Waals surface area (Å²) in [5, 5.41) is -0.0957. The standard InChI is InChI=1S/C19H27NO3S/c1-14(19(21)20(2)15-7-4-3-5-8-15)24-16-9-10-17-18(13-16)23-12-6-11-22-17/h9-10,13-15H,3-8,11-12H2,1-2H3. The molecule has 1 heterocycles. The Morgan fingerprint density at radius 3 is 2.58 bits per heavy atom. The van der Waals surface area contributed by atoms with Gasteiger partial charge in [0.2, 0.25) is 5.91 Å². The summed E-state index contributed by atoms with van der Waals surface area (Å²) in [6, 6.07) is 6.38. The van der Waals surface area contributed by atoms with Crippen LogP contribution in [0.4, 0.5) is 0 Å². The number of thioether (sulfide) groups is 1. The van der Waals surface area contributed by atoms with Gasteiger partial charge in [0.05, 0.1) is 18.5 Å². The van der Waals surface area contributed by atoms with Crippen molar-refractivity contribution in [2.24, 2.45) is 0 Å². The number of nitrogens with zero attached hydrogens (tertiary/aromatic N) is 1. The number of amides is 1. The predicted octanol–water partition coefficient (Wildman–Crippen LogP) is 4.12. The topological polar surface area (TPSA) is 38.8 Å². The van der Waals surface area contributed by atoms with Crippen molar-refractivity contribution in [2.75, 3.05) is 20.3 Å². The van der Waals surface area contributed by atoms with Gasteiger partial charge in [-0.3, -0.25) is 4.79 Å². The molecule has 1 saturated carbocycles. The average Bonchev–Trinajstić information content (AvgIpc) is 2.86. The van der Waals surface area contributed by atoms with Gasteiger partial charge < -0.3 is 14.4 Å². The SMILES string of the molecule is CC(Sc1ccc2c(c1)OCCCO2)C(=O)N(C)C1CCCCC1. The number of hydrogen-bond donors (Lipinski definition) is 0. The molecule has 1 amide bonds. The zero-order valence-electron chi connectivity index (χ0n) is 14.6. The normalized spacial score (nSPS) is 19.4. The van der Waals surface area contributed by atoms with Crippen LogP contribution in [0.15, 0.2) is 23.1 Å². The zero-order valence-corrected chi connectivity index (χ0v) is 15.4. The van der Waals surface area contributed by atoms with Gasteiger partial charge in [-0.2, -0.15) is 0 Å². The van der Waals surface area contributed by atoms with Crippen LogP contribution in [0.3, 0.4) is 0 Å². The Kier molecular flexibility index (Phi) is 5.93. The summed E-state index contributed by atoms with van der Waals surface area (Å²) in [6.07, 6.45) is 6.98. The number of carbonyl (C=O) groups excluding carboxylic acids is 1. The van der Waals surface area contributed by atoms with Crippen LogP contribution in [0.2, 0.25) is 0 Å². The number of rotatable bonds is 4. The predicted molar refractivity (Wildman–Crippen MR) is 97.0 cm³/mol. The van der Waals surface area contributed by atoms with E-state index in [1.807, 2.05) is 37.1 Å². The second-order valence-electron chi connectivity index (χ2n) is 6.66. The fourth-order valence-electron chi connectivity index (χ4n) is 3.41. The lowest BCUT2D eigenvalue weighted by atomic mass is 9.94. The van der Waals surface area contributed by atoms with Crippen LogP contribution in [-0.2, 0) is 4.79 Å². The molecule has 24 heavy (non-hydrogen) atoms. The van der Waals surface area contributed by atoms with E-state index in [2.05, 4.69) is 0 Å². The minimum absolute atomic E-state index is 0.0957. The fraction of sp³-hybridized carbons (Fsp3) is 0.632. The smallest absolute Gasteiger partial charge is 0.235 e. The Bertz CT molecular complexity index is 572. The van der Waals surface area contributed by atoms with Gasteiger partial charge in [-0.1, -0.05) is 19.3 Å². The molecule has 5 heteroatoms. The molecule has 1 unspecified atom stereocenters. The summed E-state index contributed by atoms with van der Waals surface area (Å²) < 4.78 is 11.4. The molecule has 2 aliphatic rings. The van der Waals surface area contributed by atoms with Crippen LogP contribution in [0.1, 0.15) is 45.4 Å². The van der Waals surface area contributed by atoms with Crippen LogP contribution in [0.25, 0.3) is 0 Å². The average molecular weight is 349 g/mol. The summed E-state index contributed by atoms with van der Waals surface area (Å²) in [6.45, 7) is 3.37. The van der Waals surface area contributed by atoms with Crippen LogP contribution in [0, 0.1) is 0 Å². The molecule has 0 bridgehead atoms. The first-order valence-corrected chi connectivity index (χ1v) is 9.86. The maximum absolute atomic E-state index is 12.7. The monoisotopic (exact) mass is 349 g/mol. The quantitative estimate of drug-likeness (QED) is 0.767. The highest BCUT2D eigenvalue weighted by Crippen LogP contribution is 2.35. The van der Waals surface area contributed by atoms with Gasteiger partial charge in [-0.25, -0.2) is 0 Å². The molecule has 0 saturated heterocycles. The third-order valence-electron chi connectivity index (χ3n) is 4.85. The Hall–Kier alpha value is -1.36. The van der Waals surface area contributed by atoms with E-state index in [1.165, 1.54) is 19.3 Å². The van der Waals surface area contributed by atoms with Gasteiger partial charge in [0, 0.05) is 24.4 Å². The minimum Gasteiger partial charge on any atom is -0.490 e. The minimum atomic E-state index is -0.0957. The Morgan fingerprint density at radius 1 is 1.12 bits per heavy atom. The number of hydrogen-bond acceptors (Lipinski definition) is 4. The molecule has 1 aromatic carbocycles. The maximum atomic E-state index is 12.7. The molecular formula is C19H27NO3S. The Labute approximate surface area is 148 Å². The Balaban J connectivity index is 1.62. The van der Waals surface area contributed by atoms with E-state index in [4.69, 9.17) is 9.47 Å². The molecule has 132 valence electrons. The lowest BCUT2D eigenvalue weighted by Gasteiger charge is -2.32. The van der Waals surface area contributed by atoms with E-state index in [0.29, 0.717) is 19.3 Å². The third kappa shape index (κ3) is 4.18. The second-order valence-corrected chi connectivity index (χ2v) is 8.07. The third-order valence-corrected chi connectivity index (χ3v) is 5.93. The Morgan fingerprint density at radius 2 is 1.83 bits per heavy atom. The molecule has 4 nitrogen and oxygen atoms in total. The van der Waals surface area contributed by atoms with Gasteiger partial charge in [0.1, 0.15) is 0 Å². The van der Waals surface area contributed by atoms with Crippen molar-refractivity contribution in [1.29, 1.82) is 0 Å². The van der Waals surface area contributed by atoms with Crippen molar-refractivity contribution in [1.82, 2.24) is 4.90 Å². The lowest BCUT2D eigenvalue weighted by Crippen LogP contribution is -2.42. The van der Waals surface area contributed by atoms with Gasteiger partial charge in [-0.15, -0.1) is 11.8 Å². The summed E-state index contributed by atoms with van der Waals surface area (Å²) in [5.41, 5.74) is 0. The number of ether oxygens (including phenoxy) is 2. The molecule has 1 aromatic rings. The molecule has 1 aliphatic heterocycles. The van der Waals surface area contributed by atoms with Gasteiger partial charge >= 0.3 is 0 Å². The maximum Gasteiger partial charge on any atom is 0.235 e. The van der Waals surface area contributed by atoms with Gasteiger partial charge in [0.15, 0.2) is 11.5 Å². The van der Waals surface area contributed by atoms with Crippen LogP contribution < -0.4 is 9.47 Å². The van der Waals surface area contributed by atoms with E-state index in [1.54, 1.807) is 11.8 Å². The highest BCUT2D eigenvalue weighted by Gasteiger charge is 2.26. The highest BCUT2D eigenvalue weighted by atomic mass is 32.2. The van der Waals surface area contributed by atoms with Crippen LogP contribution in [-0.4, -0.2) is 42.4 Å². The van der Waals surface area contributed by atoms with E-state index in [-0.39, 0.29) is 11.2 Å². The van der Waals surface area contributed by atoms with Crippen LogP contribution >= 0.6 is 11.8 Å². The summed E-state index contributed by atoms with van der Waals surface area (Å²) in [4.78, 5) is 15.8. The van der Waals surface area contributed by atoms with E-state index in [9.17, 15) is 4.79 Å². The summed E-state index contributed by atoms with van der Waals surface area (Å²) in [5.74, 6) is 1.81. The summed E-state index contributed by atoms with van der Waals surface area (Å²) in [7, 11) is 1.96. The number of benzene rings is 1. The van der Waals surface area contributed by atoms with Crippen molar-refractivity contribution in [3.05, 3.63) is 18.2 Å². The first-order valence-electron chi connectivity index (χ1n) is 8.98. The van der Waals surface area contributed by atoms with Crippen molar-refractivity contribution in [2.45, 2.75) is 61.6 Å². The molecule has 0 radical (unpaired) electrons. The first kappa shape index (κ1) is 17.5. The van der Waals surface area contributed by atoms with Crippen molar-refractivity contribution in [3.8, 4) is 11.5 Å². The molecule has 0 aromatic heterocycles. The molecule has 0 spiro atoms. The van der Waals surface area contributed by atoms with E-state index < -0.39 is 0 Å².